The highest BCUT2D eigenvalue weighted by Crippen LogP contribution is 2.14. The lowest BCUT2D eigenvalue weighted by atomic mass is 10.0. The van der Waals surface area contributed by atoms with E-state index in [2.05, 4.69) is 55.6 Å². The molecule has 0 aliphatic heterocycles. The fourth-order valence-electron chi connectivity index (χ4n) is 6.41. The van der Waals surface area contributed by atoms with Crippen molar-refractivity contribution in [2.75, 3.05) is 13.2 Å². The van der Waals surface area contributed by atoms with Crippen molar-refractivity contribution in [3.63, 3.8) is 0 Å². The number of esters is 1. The van der Waals surface area contributed by atoms with E-state index in [0.717, 1.165) is 96.3 Å². The third-order valence-corrected chi connectivity index (χ3v) is 9.91. The fourth-order valence-corrected chi connectivity index (χ4v) is 6.41. The minimum Gasteiger partial charge on any atom is -0.466 e. The van der Waals surface area contributed by atoms with E-state index in [1.165, 1.54) is 89.9 Å². The van der Waals surface area contributed by atoms with Crippen LogP contribution in [0.5, 0.6) is 0 Å². The van der Waals surface area contributed by atoms with Gasteiger partial charge >= 0.3 is 5.97 Å². The van der Waals surface area contributed by atoms with Crippen LogP contribution in [0.25, 0.3) is 0 Å². The van der Waals surface area contributed by atoms with Crippen LogP contribution in [0.2, 0.25) is 0 Å². The number of nitrogens with one attached hydrogen (secondary N) is 1. The smallest absolute Gasteiger partial charge is 0.305 e. The number of aliphatic hydroxyl groups is 2. The van der Waals surface area contributed by atoms with Gasteiger partial charge in [-0.2, -0.15) is 0 Å². The molecule has 0 radical (unpaired) electrons. The Bertz CT molecular complexity index is 854. The summed E-state index contributed by atoms with van der Waals surface area (Å²) in [6.07, 6.45) is 48.1. The molecule has 6 nitrogen and oxygen atoms in total. The molecule has 0 aromatic rings. The minimum absolute atomic E-state index is 0.0472. The van der Waals surface area contributed by atoms with Gasteiger partial charge in [-0.1, -0.05) is 166 Å². The van der Waals surface area contributed by atoms with Gasteiger partial charge in [0.2, 0.25) is 5.91 Å². The van der Waals surface area contributed by atoms with Gasteiger partial charge < -0.3 is 20.3 Å². The molecule has 0 aromatic heterocycles. The summed E-state index contributed by atoms with van der Waals surface area (Å²) in [5.41, 5.74) is 0. The number of carbonyl (C=O) groups is 2. The Morgan fingerprint density at radius 1 is 0.538 bits per heavy atom. The Morgan fingerprint density at radius 3 is 1.54 bits per heavy atom. The van der Waals surface area contributed by atoms with Crippen LogP contribution in [0.4, 0.5) is 0 Å². The largest absolute Gasteiger partial charge is 0.466 e. The summed E-state index contributed by atoms with van der Waals surface area (Å²) < 4.78 is 5.41. The van der Waals surface area contributed by atoms with Gasteiger partial charge in [0.15, 0.2) is 0 Å². The van der Waals surface area contributed by atoms with E-state index >= 15 is 0 Å². The van der Waals surface area contributed by atoms with Crippen LogP contribution in [0.15, 0.2) is 36.5 Å². The van der Waals surface area contributed by atoms with E-state index in [4.69, 9.17) is 4.74 Å². The number of allylic oxidation sites excluding steroid dienone is 6. The van der Waals surface area contributed by atoms with Crippen LogP contribution < -0.4 is 5.32 Å². The van der Waals surface area contributed by atoms with Gasteiger partial charge in [-0.05, 0) is 77.0 Å². The zero-order valence-electron chi connectivity index (χ0n) is 34.3. The van der Waals surface area contributed by atoms with E-state index in [1.54, 1.807) is 0 Å². The van der Waals surface area contributed by atoms with Crippen molar-refractivity contribution in [1.82, 2.24) is 5.32 Å². The van der Waals surface area contributed by atoms with Crippen LogP contribution in [-0.4, -0.2) is 47.4 Å². The van der Waals surface area contributed by atoms with Crippen LogP contribution in [0, 0.1) is 0 Å². The van der Waals surface area contributed by atoms with Gasteiger partial charge in [0.1, 0.15) is 0 Å². The van der Waals surface area contributed by atoms with Crippen molar-refractivity contribution >= 4 is 11.9 Å². The lowest BCUT2D eigenvalue weighted by molar-refractivity contribution is -0.143. The highest BCUT2D eigenvalue weighted by atomic mass is 16.5. The zero-order chi connectivity index (χ0) is 38.0. The molecule has 1 amide bonds. The van der Waals surface area contributed by atoms with E-state index in [1.807, 2.05) is 0 Å². The Morgan fingerprint density at radius 2 is 0.981 bits per heavy atom. The molecular weight excluding hydrogens is 647 g/mol. The molecule has 2 atom stereocenters. The Balaban J connectivity index is 3.54. The predicted molar refractivity (Wildman–Crippen MR) is 222 cm³/mol. The number of rotatable bonds is 40. The number of unbranched alkanes of at least 4 members (excludes halogenated alkanes) is 23. The van der Waals surface area contributed by atoms with Crippen molar-refractivity contribution in [2.45, 2.75) is 231 Å². The standard InChI is InChI=1S/C46H85NO5/c1-3-5-7-9-11-13-15-16-17-20-24-28-32-36-40-46(51)52-41-37-33-29-25-21-18-19-23-27-31-35-39-45(50)47-43(42-48)44(49)38-34-30-26-22-14-12-10-8-6-4-2/h9,11,15-16,21,25,43-44,48-49H,3-8,10,12-14,17-20,22-24,26-42H2,1-2H3,(H,47,50)/b11-9-,16-15-,25-21-. The topological polar surface area (TPSA) is 95.9 Å². The monoisotopic (exact) mass is 732 g/mol. The molecule has 6 heteroatoms. The predicted octanol–water partition coefficient (Wildman–Crippen LogP) is 12.6. The Hall–Kier alpha value is -1.92. The first-order valence-corrected chi connectivity index (χ1v) is 22.2. The van der Waals surface area contributed by atoms with Gasteiger partial charge in [-0.3, -0.25) is 9.59 Å². The zero-order valence-corrected chi connectivity index (χ0v) is 34.3. The number of hydrogen-bond acceptors (Lipinski definition) is 5. The van der Waals surface area contributed by atoms with Crippen LogP contribution in [-0.2, 0) is 14.3 Å². The van der Waals surface area contributed by atoms with Gasteiger partial charge in [0.05, 0.1) is 25.4 Å². The van der Waals surface area contributed by atoms with Crippen molar-refractivity contribution in [3.8, 4) is 0 Å². The molecule has 0 spiro atoms. The first-order valence-electron chi connectivity index (χ1n) is 22.2. The molecule has 0 heterocycles. The fraction of sp³-hybridized carbons (Fsp3) is 0.826. The molecule has 2 unspecified atom stereocenters. The van der Waals surface area contributed by atoms with E-state index in [-0.39, 0.29) is 18.5 Å². The first kappa shape index (κ1) is 50.1. The second-order valence-corrected chi connectivity index (χ2v) is 15.0. The van der Waals surface area contributed by atoms with Crippen molar-refractivity contribution in [3.05, 3.63) is 36.5 Å². The van der Waals surface area contributed by atoms with Crippen LogP contribution >= 0.6 is 0 Å². The normalized spacial score (nSPS) is 13.1. The second kappa shape index (κ2) is 41.8. The number of aliphatic hydroxyl groups excluding tert-OH is 2. The quantitative estimate of drug-likeness (QED) is 0.0331. The summed E-state index contributed by atoms with van der Waals surface area (Å²) in [6, 6.07) is -0.561. The average molecular weight is 732 g/mol. The summed E-state index contributed by atoms with van der Waals surface area (Å²) in [7, 11) is 0. The van der Waals surface area contributed by atoms with Gasteiger partial charge in [-0.25, -0.2) is 0 Å². The third-order valence-electron chi connectivity index (χ3n) is 9.91. The second-order valence-electron chi connectivity index (χ2n) is 15.0. The molecular formula is C46H85NO5. The molecule has 52 heavy (non-hydrogen) atoms. The maximum Gasteiger partial charge on any atom is 0.305 e. The van der Waals surface area contributed by atoms with E-state index in [9.17, 15) is 19.8 Å². The molecule has 0 aliphatic rings. The van der Waals surface area contributed by atoms with E-state index in [0.29, 0.717) is 25.9 Å². The maximum absolute atomic E-state index is 12.4. The molecule has 3 N–H and O–H groups in total. The number of amides is 1. The summed E-state index contributed by atoms with van der Waals surface area (Å²) in [4.78, 5) is 24.3. The summed E-state index contributed by atoms with van der Waals surface area (Å²) in [5.74, 6) is -0.116. The van der Waals surface area contributed by atoms with Crippen molar-refractivity contribution in [1.29, 1.82) is 0 Å². The highest BCUT2D eigenvalue weighted by Gasteiger charge is 2.20. The first-order chi connectivity index (χ1) is 25.5. The number of hydrogen-bond donors (Lipinski definition) is 3. The molecule has 0 aromatic carbocycles. The molecule has 0 saturated heterocycles. The van der Waals surface area contributed by atoms with Crippen molar-refractivity contribution < 1.29 is 24.5 Å². The molecule has 0 bridgehead atoms. The molecule has 0 rings (SSSR count). The molecule has 0 saturated carbocycles. The average Bonchev–Trinajstić information content (AvgIpc) is 3.14. The maximum atomic E-state index is 12.4. The summed E-state index contributed by atoms with van der Waals surface area (Å²) in [5, 5.41) is 23.0. The number of ether oxygens (including phenoxy) is 1. The van der Waals surface area contributed by atoms with Crippen LogP contribution in [0.1, 0.15) is 219 Å². The van der Waals surface area contributed by atoms with Crippen LogP contribution in [0.3, 0.4) is 0 Å². The Kier molecular flexibility index (Phi) is 40.3. The molecule has 304 valence electrons. The molecule has 0 fully saturated rings. The SMILES string of the molecule is CCCC/C=C\C/C=C\CCCCCCCC(=O)OCCCC/C=C\CCCCCCCC(=O)NC(CO)C(O)CCCCCCCCCCCC. The van der Waals surface area contributed by atoms with Gasteiger partial charge in [0, 0.05) is 12.8 Å². The van der Waals surface area contributed by atoms with E-state index < -0.39 is 12.1 Å². The lowest BCUT2D eigenvalue weighted by Gasteiger charge is -2.22. The third kappa shape index (κ3) is 37.8. The Labute approximate surface area is 322 Å². The van der Waals surface area contributed by atoms with Crippen molar-refractivity contribution in [2.24, 2.45) is 0 Å². The minimum atomic E-state index is -0.681. The number of carbonyl (C=O) groups excluding carboxylic acids is 2. The molecule has 0 aliphatic carbocycles. The van der Waals surface area contributed by atoms with Gasteiger partial charge in [-0.15, -0.1) is 0 Å². The van der Waals surface area contributed by atoms with Gasteiger partial charge in [0.25, 0.3) is 0 Å². The summed E-state index contributed by atoms with van der Waals surface area (Å²) >= 11 is 0. The highest BCUT2D eigenvalue weighted by molar-refractivity contribution is 5.76. The lowest BCUT2D eigenvalue weighted by Crippen LogP contribution is -2.45. The summed E-state index contributed by atoms with van der Waals surface area (Å²) in [6.45, 7) is 4.79.